The van der Waals surface area contributed by atoms with Gasteiger partial charge in [-0.15, -0.1) is 0 Å². The molecule has 1 saturated carbocycles. The Bertz CT molecular complexity index is 503. The standard InChI is InChI=1S/C17H25NO3/c1-11-7-12-8-16(20-3)13(9-17(12)21-11)10-18-14-5-4-6-15(14)19-2/h8-9,11,14-15,18H,4-7,10H2,1-3H3. The maximum absolute atomic E-state index is 5.85. The Morgan fingerprint density at radius 2 is 2.14 bits per heavy atom. The van der Waals surface area contributed by atoms with Crippen molar-refractivity contribution in [2.24, 2.45) is 0 Å². The van der Waals surface area contributed by atoms with E-state index in [1.165, 1.54) is 18.4 Å². The molecule has 0 saturated heterocycles. The number of methoxy groups -OCH3 is 2. The molecule has 1 fully saturated rings. The second-order valence-electron chi connectivity index (χ2n) is 6.10. The van der Waals surface area contributed by atoms with Crippen molar-refractivity contribution >= 4 is 0 Å². The van der Waals surface area contributed by atoms with Crippen LogP contribution in [-0.2, 0) is 17.7 Å². The molecule has 1 aliphatic carbocycles. The van der Waals surface area contributed by atoms with Crippen LogP contribution in [0.25, 0.3) is 0 Å². The predicted octanol–water partition coefficient (Wildman–Crippen LogP) is 2.68. The van der Waals surface area contributed by atoms with Crippen molar-refractivity contribution < 1.29 is 14.2 Å². The molecule has 3 rings (SSSR count). The highest BCUT2D eigenvalue weighted by atomic mass is 16.5. The van der Waals surface area contributed by atoms with Crippen molar-refractivity contribution in [2.45, 2.75) is 57.4 Å². The van der Waals surface area contributed by atoms with Crippen LogP contribution in [0.2, 0.25) is 0 Å². The van der Waals surface area contributed by atoms with Gasteiger partial charge in [-0.05, 0) is 38.3 Å². The molecular formula is C17H25NO3. The SMILES string of the molecule is COc1cc2c(cc1CNC1CCCC1OC)OC(C)C2. The number of hydrogen-bond donors (Lipinski definition) is 1. The molecule has 0 spiro atoms. The van der Waals surface area contributed by atoms with Gasteiger partial charge >= 0.3 is 0 Å². The van der Waals surface area contributed by atoms with Gasteiger partial charge in [0, 0.05) is 37.2 Å². The van der Waals surface area contributed by atoms with Gasteiger partial charge in [0.25, 0.3) is 0 Å². The highest BCUT2D eigenvalue weighted by Crippen LogP contribution is 2.35. The van der Waals surface area contributed by atoms with Crippen LogP contribution in [0.4, 0.5) is 0 Å². The molecular weight excluding hydrogens is 266 g/mol. The van der Waals surface area contributed by atoms with Crippen LogP contribution in [0.15, 0.2) is 12.1 Å². The van der Waals surface area contributed by atoms with E-state index in [2.05, 4.69) is 24.4 Å². The quantitative estimate of drug-likeness (QED) is 0.905. The summed E-state index contributed by atoms with van der Waals surface area (Å²) in [6.07, 6.45) is 5.13. The van der Waals surface area contributed by atoms with Crippen LogP contribution in [0.5, 0.6) is 11.5 Å². The Labute approximate surface area is 126 Å². The fraction of sp³-hybridized carbons (Fsp3) is 0.647. The number of benzene rings is 1. The second kappa shape index (κ2) is 6.24. The molecule has 0 aromatic heterocycles. The highest BCUT2D eigenvalue weighted by Gasteiger charge is 2.27. The lowest BCUT2D eigenvalue weighted by molar-refractivity contribution is 0.0846. The summed E-state index contributed by atoms with van der Waals surface area (Å²) in [5.74, 6) is 1.96. The van der Waals surface area contributed by atoms with E-state index >= 15 is 0 Å². The minimum atomic E-state index is 0.264. The van der Waals surface area contributed by atoms with Gasteiger partial charge in [0.05, 0.1) is 13.2 Å². The molecule has 0 amide bonds. The number of fused-ring (bicyclic) bond motifs is 1. The smallest absolute Gasteiger partial charge is 0.123 e. The van der Waals surface area contributed by atoms with Gasteiger partial charge in [0.1, 0.15) is 17.6 Å². The fourth-order valence-corrected chi connectivity index (χ4v) is 3.49. The van der Waals surface area contributed by atoms with E-state index in [4.69, 9.17) is 14.2 Å². The molecule has 1 heterocycles. The normalized spacial score (nSPS) is 27.5. The van der Waals surface area contributed by atoms with Crippen LogP contribution in [0.3, 0.4) is 0 Å². The number of rotatable bonds is 5. The molecule has 21 heavy (non-hydrogen) atoms. The molecule has 1 N–H and O–H groups in total. The van der Waals surface area contributed by atoms with Crippen molar-refractivity contribution in [3.63, 3.8) is 0 Å². The zero-order valence-electron chi connectivity index (χ0n) is 13.1. The van der Waals surface area contributed by atoms with Crippen LogP contribution >= 0.6 is 0 Å². The van der Waals surface area contributed by atoms with Crippen molar-refractivity contribution in [3.8, 4) is 11.5 Å². The average Bonchev–Trinajstić information content (AvgIpc) is 3.08. The van der Waals surface area contributed by atoms with E-state index < -0.39 is 0 Å². The first-order valence-corrected chi connectivity index (χ1v) is 7.84. The molecule has 4 nitrogen and oxygen atoms in total. The lowest BCUT2D eigenvalue weighted by atomic mass is 10.1. The first-order chi connectivity index (χ1) is 10.2. The third kappa shape index (κ3) is 3.01. The zero-order chi connectivity index (χ0) is 14.8. The van der Waals surface area contributed by atoms with Gasteiger partial charge in [-0.25, -0.2) is 0 Å². The van der Waals surface area contributed by atoms with Gasteiger partial charge in [0.2, 0.25) is 0 Å². The Balaban J connectivity index is 1.71. The van der Waals surface area contributed by atoms with Crippen molar-refractivity contribution in [1.82, 2.24) is 5.32 Å². The van der Waals surface area contributed by atoms with Crippen molar-refractivity contribution in [1.29, 1.82) is 0 Å². The third-order valence-corrected chi connectivity index (χ3v) is 4.61. The Morgan fingerprint density at radius 1 is 1.29 bits per heavy atom. The van der Waals surface area contributed by atoms with E-state index in [1.807, 2.05) is 0 Å². The summed E-state index contributed by atoms with van der Waals surface area (Å²) in [5, 5.41) is 3.62. The summed E-state index contributed by atoms with van der Waals surface area (Å²) in [5.41, 5.74) is 2.41. The molecule has 0 bridgehead atoms. The first-order valence-electron chi connectivity index (χ1n) is 7.84. The summed E-state index contributed by atoms with van der Waals surface area (Å²) < 4.78 is 16.9. The van der Waals surface area contributed by atoms with Crippen molar-refractivity contribution in [2.75, 3.05) is 14.2 Å². The minimum absolute atomic E-state index is 0.264. The van der Waals surface area contributed by atoms with Crippen molar-refractivity contribution in [3.05, 3.63) is 23.3 Å². The predicted molar refractivity (Wildman–Crippen MR) is 82.1 cm³/mol. The van der Waals surface area contributed by atoms with Gasteiger partial charge < -0.3 is 19.5 Å². The number of hydrogen-bond acceptors (Lipinski definition) is 4. The topological polar surface area (TPSA) is 39.7 Å². The number of nitrogens with one attached hydrogen (secondary N) is 1. The Morgan fingerprint density at radius 3 is 2.90 bits per heavy atom. The van der Waals surface area contributed by atoms with Crippen LogP contribution in [0.1, 0.15) is 37.3 Å². The summed E-state index contributed by atoms with van der Waals surface area (Å²) >= 11 is 0. The molecule has 0 radical (unpaired) electrons. The maximum Gasteiger partial charge on any atom is 0.123 e. The third-order valence-electron chi connectivity index (χ3n) is 4.61. The number of ether oxygens (including phenoxy) is 3. The van der Waals surface area contributed by atoms with E-state index in [1.54, 1.807) is 14.2 Å². The van der Waals surface area contributed by atoms with E-state index in [0.29, 0.717) is 12.1 Å². The van der Waals surface area contributed by atoms with Crippen LogP contribution < -0.4 is 14.8 Å². The Kier molecular flexibility index (Phi) is 4.36. The molecule has 1 aromatic carbocycles. The summed E-state index contributed by atoms with van der Waals surface area (Å²) in [6.45, 7) is 2.89. The van der Waals surface area contributed by atoms with Crippen LogP contribution in [-0.4, -0.2) is 32.5 Å². The summed E-state index contributed by atoms with van der Waals surface area (Å²) in [7, 11) is 3.54. The van der Waals surface area contributed by atoms with Crippen LogP contribution in [0, 0.1) is 0 Å². The lowest BCUT2D eigenvalue weighted by Crippen LogP contribution is -2.36. The average molecular weight is 291 g/mol. The highest BCUT2D eigenvalue weighted by molar-refractivity contribution is 5.48. The second-order valence-corrected chi connectivity index (χ2v) is 6.10. The van der Waals surface area contributed by atoms with Gasteiger partial charge in [-0.1, -0.05) is 0 Å². The molecule has 1 aromatic rings. The molecule has 116 valence electrons. The molecule has 4 heteroatoms. The lowest BCUT2D eigenvalue weighted by Gasteiger charge is -2.20. The fourth-order valence-electron chi connectivity index (χ4n) is 3.49. The summed E-state index contributed by atoms with van der Waals surface area (Å²) in [4.78, 5) is 0. The molecule has 1 aliphatic heterocycles. The van der Waals surface area contributed by atoms with E-state index in [-0.39, 0.29) is 6.10 Å². The molecule has 3 unspecified atom stereocenters. The maximum atomic E-state index is 5.85. The van der Waals surface area contributed by atoms with E-state index in [9.17, 15) is 0 Å². The van der Waals surface area contributed by atoms with E-state index in [0.717, 1.165) is 36.4 Å². The largest absolute Gasteiger partial charge is 0.496 e. The molecule has 2 aliphatic rings. The summed E-state index contributed by atoms with van der Waals surface area (Å²) in [6, 6.07) is 4.69. The molecule has 3 atom stereocenters. The van der Waals surface area contributed by atoms with Gasteiger partial charge in [-0.2, -0.15) is 0 Å². The Hall–Kier alpha value is -1.26. The minimum Gasteiger partial charge on any atom is -0.496 e. The monoisotopic (exact) mass is 291 g/mol. The van der Waals surface area contributed by atoms with Gasteiger partial charge in [-0.3, -0.25) is 0 Å². The zero-order valence-corrected chi connectivity index (χ0v) is 13.1. The first kappa shape index (κ1) is 14.7. The van der Waals surface area contributed by atoms with Gasteiger partial charge in [0.15, 0.2) is 0 Å².